The lowest BCUT2D eigenvalue weighted by Gasteiger charge is -2.45. The van der Waals surface area contributed by atoms with Gasteiger partial charge in [0.2, 0.25) is 0 Å². The zero-order chi connectivity index (χ0) is 30.2. The summed E-state index contributed by atoms with van der Waals surface area (Å²) < 4.78 is 36.7. The lowest BCUT2D eigenvalue weighted by molar-refractivity contribution is -0.313. The van der Waals surface area contributed by atoms with Crippen molar-refractivity contribution in [2.75, 3.05) is 6.61 Å². The highest BCUT2D eigenvalue weighted by Crippen LogP contribution is 2.33. The van der Waals surface area contributed by atoms with E-state index in [1.165, 1.54) is 13.8 Å². The van der Waals surface area contributed by atoms with Crippen molar-refractivity contribution in [2.45, 2.75) is 82.8 Å². The molecule has 42 heavy (non-hydrogen) atoms. The van der Waals surface area contributed by atoms with E-state index < -0.39 is 54.6 Å². The Kier molecular flexibility index (Phi) is 11.5. The average Bonchev–Trinajstić information content (AvgIpc) is 2.96. The average molecular weight is 712 g/mol. The van der Waals surface area contributed by atoms with Gasteiger partial charge in [-0.25, -0.2) is 9.59 Å². The van der Waals surface area contributed by atoms with Gasteiger partial charge in [0.1, 0.15) is 12.7 Å². The number of halogens is 2. The molecule has 1 saturated carbocycles. The molecule has 1 aliphatic carbocycles. The summed E-state index contributed by atoms with van der Waals surface area (Å²) in [5.41, 5.74) is 0.448. The number of esters is 4. The molecule has 1 aliphatic heterocycles. The second-order valence-corrected chi connectivity index (χ2v) is 11.9. The smallest absolute Gasteiger partial charge is 0.338 e. The van der Waals surface area contributed by atoms with E-state index in [9.17, 15) is 19.2 Å². The van der Waals surface area contributed by atoms with Gasteiger partial charge >= 0.3 is 23.9 Å². The van der Waals surface area contributed by atoms with E-state index in [1.807, 2.05) is 0 Å². The maximum atomic E-state index is 13.4. The summed E-state index contributed by atoms with van der Waals surface area (Å²) in [7, 11) is 0. The molecule has 226 valence electrons. The molecule has 0 unspecified atom stereocenters. The van der Waals surface area contributed by atoms with E-state index >= 15 is 0 Å². The summed E-state index contributed by atoms with van der Waals surface area (Å²) in [6, 6.07) is 13.0. The monoisotopic (exact) mass is 710 g/mol. The number of hydrogen-bond acceptors (Lipinski definition) is 10. The van der Waals surface area contributed by atoms with Crippen LogP contribution in [-0.4, -0.2) is 67.3 Å². The van der Waals surface area contributed by atoms with Crippen LogP contribution in [0.3, 0.4) is 0 Å². The van der Waals surface area contributed by atoms with Crippen molar-refractivity contribution >= 4 is 55.7 Å². The van der Waals surface area contributed by atoms with Crippen molar-refractivity contribution in [1.82, 2.24) is 0 Å². The first-order valence-electron chi connectivity index (χ1n) is 13.7. The van der Waals surface area contributed by atoms with Gasteiger partial charge in [-0.1, -0.05) is 51.1 Å². The molecule has 2 aliphatic rings. The normalized spacial score (nSPS) is 24.3. The third kappa shape index (κ3) is 8.85. The molecular weight excluding hydrogens is 680 g/mol. The van der Waals surface area contributed by atoms with Crippen molar-refractivity contribution in [2.24, 2.45) is 0 Å². The molecule has 0 spiro atoms. The molecule has 4 rings (SSSR count). The summed E-state index contributed by atoms with van der Waals surface area (Å²) in [6.45, 7) is 2.09. The van der Waals surface area contributed by atoms with E-state index in [0.717, 1.165) is 41.0 Å². The minimum Gasteiger partial charge on any atom is -0.463 e. The summed E-state index contributed by atoms with van der Waals surface area (Å²) in [6.07, 6.45) is -2.00. The number of carbonyl (C=O) groups is 4. The largest absolute Gasteiger partial charge is 0.463 e. The molecule has 1 heterocycles. The van der Waals surface area contributed by atoms with Crippen LogP contribution in [0.2, 0.25) is 0 Å². The van der Waals surface area contributed by atoms with Crippen molar-refractivity contribution in [3.63, 3.8) is 0 Å². The fraction of sp³-hybridized carbons (Fsp3) is 0.467. The van der Waals surface area contributed by atoms with Crippen molar-refractivity contribution < 1.29 is 47.6 Å². The summed E-state index contributed by atoms with van der Waals surface area (Å²) in [5, 5.41) is 0. The minimum absolute atomic E-state index is 0.208. The highest BCUT2D eigenvalue weighted by molar-refractivity contribution is 9.10. The molecule has 0 aromatic heterocycles. The summed E-state index contributed by atoms with van der Waals surface area (Å²) in [4.78, 5) is 50.7. The van der Waals surface area contributed by atoms with Gasteiger partial charge in [-0.2, -0.15) is 0 Å². The Balaban J connectivity index is 1.72. The van der Waals surface area contributed by atoms with Crippen LogP contribution in [0.4, 0.5) is 0 Å². The first-order chi connectivity index (χ1) is 20.1. The maximum absolute atomic E-state index is 13.4. The molecule has 0 N–H and O–H groups in total. The highest BCUT2D eigenvalue weighted by Gasteiger charge is 2.53. The fourth-order valence-corrected chi connectivity index (χ4v) is 5.39. The zero-order valence-corrected chi connectivity index (χ0v) is 26.3. The molecule has 2 fully saturated rings. The molecule has 0 bridgehead atoms. The van der Waals surface area contributed by atoms with E-state index in [0.29, 0.717) is 0 Å². The SMILES string of the molecule is CC(=O)OC[C@H]1O[C@@H](OC2CCCCC2)[C@H](OC(=O)c2ccc(Br)cc2)[C@@H](OC(=O)c2ccc(Br)cc2)[C@@H]1OC(C)=O. The Hall–Kier alpha value is -2.80. The van der Waals surface area contributed by atoms with E-state index in [4.69, 9.17) is 28.4 Å². The van der Waals surface area contributed by atoms with Gasteiger partial charge in [-0.3, -0.25) is 9.59 Å². The van der Waals surface area contributed by atoms with Gasteiger partial charge in [-0.15, -0.1) is 0 Å². The Morgan fingerprint density at radius 2 is 1.24 bits per heavy atom. The second-order valence-electron chi connectivity index (χ2n) is 10.1. The van der Waals surface area contributed by atoms with Gasteiger partial charge in [0.25, 0.3) is 0 Å². The Bertz CT molecular complexity index is 1240. The van der Waals surface area contributed by atoms with Crippen LogP contribution in [0.25, 0.3) is 0 Å². The second kappa shape index (κ2) is 15.1. The minimum atomic E-state index is -1.37. The van der Waals surface area contributed by atoms with Gasteiger partial charge < -0.3 is 28.4 Å². The van der Waals surface area contributed by atoms with Crippen molar-refractivity contribution in [3.05, 3.63) is 68.6 Å². The molecule has 5 atom stereocenters. The Morgan fingerprint density at radius 1 is 0.714 bits per heavy atom. The van der Waals surface area contributed by atoms with E-state index in [2.05, 4.69) is 31.9 Å². The molecule has 2 aromatic rings. The van der Waals surface area contributed by atoms with Crippen LogP contribution in [0, 0.1) is 0 Å². The third-order valence-electron chi connectivity index (χ3n) is 6.87. The molecule has 0 radical (unpaired) electrons. The van der Waals surface area contributed by atoms with E-state index in [1.54, 1.807) is 48.5 Å². The van der Waals surface area contributed by atoms with Crippen LogP contribution in [0.15, 0.2) is 57.5 Å². The molecular formula is C30H32Br2O10. The quantitative estimate of drug-likeness (QED) is 0.242. The van der Waals surface area contributed by atoms with Crippen LogP contribution in [0.5, 0.6) is 0 Å². The Labute approximate surface area is 260 Å². The fourth-order valence-electron chi connectivity index (χ4n) is 4.86. The van der Waals surface area contributed by atoms with Gasteiger partial charge in [-0.05, 0) is 61.4 Å². The van der Waals surface area contributed by atoms with Gasteiger partial charge in [0, 0.05) is 22.8 Å². The number of hydrogen-bond donors (Lipinski definition) is 0. The predicted molar refractivity (Wildman–Crippen MR) is 155 cm³/mol. The molecule has 1 saturated heterocycles. The third-order valence-corrected chi connectivity index (χ3v) is 7.93. The first-order valence-corrected chi connectivity index (χ1v) is 15.2. The van der Waals surface area contributed by atoms with Crippen molar-refractivity contribution in [3.8, 4) is 0 Å². The van der Waals surface area contributed by atoms with Crippen LogP contribution in [0.1, 0.15) is 66.7 Å². The van der Waals surface area contributed by atoms with Gasteiger partial charge in [0.05, 0.1) is 17.2 Å². The zero-order valence-electron chi connectivity index (χ0n) is 23.2. The van der Waals surface area contributed by atoms with Crippen LogP contribution < -0.4 is 0 Å². The highest BCUT2D eigenvalue weighted by atomic mass is 79.9. The molecule has 12 heteroatoms. The predicted octanol–water partition coefficient (Wildman–Crippen LogP) is 5.53. The van der Waals surface area contributed by atoms with Gasteiger partial charge in [0.15, 0.2) is 24.6 Å². The number of carbonyl (C=O) groups excluding carboxylic acids is 4. The summed E-state index contributed by atoms with van der Waals surface area (Å²) >= 11 is 6.69. The molecule has 10 nitrogen and oxygen atoms in total. The lowest BCUT2D eigenvalue weighted by atomic mass is 9.96. The molecule has 0 amide bonds. The summed E-state index contributed by atoms with van der Waals surface area (Å²) in [5.74, 6) is -2.76. The number of ether oxygens (including phenoxy) is 6. The lowest BCUT2D eigenvalue weighted by Crippen LogP contribution is -2.63. The standard InChI is InChI=1S/C30H32Br2O10/c1-17(33)37-16-24-25(38-18(2)34)26(41-28(35)19-8-12-21(31)13-9-19)27(30(40-24)39-23-6-4-3-5-7-23)42-29(36)20-10-14-22(32)15-11-20/h8-15,23-27,30H,3-7,16H2,1-2H3/t24-,25-,26+,27-,30-/m1/s1. The number of rotatable bonds is 9. The van der Waals surface area contributed by atoms with Crippen LogP contribution in [-0.2, 0) is 38.0 Å². The van der Waals surface area contributed by atoms with Crippen LogP contribution >= 0.6 is 31.9 Å². The number of benzene rings is 2. The first kappa shape index (κ1) is 32.1. The molecule has 2 aromatic carbocycles. The maximum Gasteiger partial charge on any atom is 0.338 e. The van der Waals surface area contributed by atoms with Crippen molar-refractivity contribution in [1.29, 1.82) is 0 Å². The topological polar surface area (TPSA) is 124 Å². The van der Waals surface area contributed by atoms with E-state index in [-0.39, 0.29) is 23.8 Å². The Morgan fingerprint density at radius 3 is 1.74 bits per heavy atom.